The minimum absolute atomic E-state index is 0.402. The summed E-state index contributed by atoms with van der Waals surface area (Å²) in [6.45, 7) is 2.24. The van der Waals surface area contributed by atoms with Crippen LogP contribution in [-0.2, 0) is 4.74 Å². The van der Waals surface area contributed by atoms with Gasteiger partial charge in [-0.3, -0.25) is 0 Å². The molecule has 0 aromatic carbocycles. The Labute approximate surface area is 129 Å². The van der Waals surface area contributed by atoms with E-state index in [1.54, 1.807) is 0 Å². The third-order valence-corrected chi connectivity index (χ3v) is 3.78. The predicted octanol–water partition coefficient (Wildman–Crippen LogP) is 4.63. The molecule has 1 atom stereocenters. The zero-order valence-electron chi connectivity index (χ0n) is 13.0. The Morgan fingerprint density at radius 2 is 2.10 bits per heavy atom. The summed E-state index contributed by atoms with van der Waals surface area (Å²) >= 11 is 5.28. The molecule has 1 aliphatic carbocycles. The zero-order chi connectivity index (χ0) is 14.8. The van der Waals surface area contributed by atoms with Gasteiger partial charge in [0.15, 0.2) is 5.60 Å². The van der Waals surface area contributed by atoms with Gasteiger partial charge in [0.1, 0.15) is 0 Å². The van der Waals surface area contributed by atoms with Gasteiger partial charge in [-0.1, -0.05) is 50.5 Å². The molecule has 0 fully saturated rings. The Morgan fingerprint density at radius 1 is 1.30 bits per heavy atom. The third kappa shape index (κ3) is 5.91. The fourth-order valence-electron chi connectivity index (χ4n) is 2.08. The summed E-state index contributed by atoms with van der Waals surface area (Å²) in [4.78, 5) is 1.83. The van der Waals surface area contributed by atoms with Crippen LogP contribution in [0.5, 0.6) is 0 Å². The molecule has 0 saturated carbocycles. The summed E-state index contributed by atoms with van der Waals surface area (Å²) < 4.78 is 6.00. The van der Waals surface area contributed by atoms with E-state index in [1.165, 1.54) is 25.7 Å². The number of hydrogen-bond donors (Lipinski definition) is 0. The van der Waals surface area contributed by atoms with Crippen molar-refractivity contribution in [2.24, 2.45) is 0 Å². The van der Waals surface area contributed by atoms with E-state index in [0.29, 0.717) is 5.17 Å². The maximum Gasteiger partial charge on any atom is 0.259 e. The Morgan fingerprint density at radius 3 is 2.70 bits per heavy atom. The predicted molar refractivity (Wildman–Crippen MR) is 90.9 cm³/mol. The van der Waals surface area contributed by atoms with Crippen LogP contribution in [0, 0.1) is 0 Å². The van der Waals surface area contributed by atoms with Gasteiger partial charge in [0.25, 0.3) is 5.17 Å². The summed E-state index contributed by atoms with van der Waals surface area (Å²) in [5.41, 5.74) is -0.402. The number of rotatable bonds is 7. The van der Waals surface area contributed by atoms with Crippen LogP contribution < -0.4 is 0 Å². The molecule has 0 aliphatic heterocycles. The molecular formula is C17H27NOS. The van der Waals surface area contributed by atoms with Gasteiger partial charge in [0.05, 0.1) is 0 Å². The molecule has 0 N–H and O–H groups in total. The Balaban J connectivity index is 2.56. The smallest absolute Gasteiger partial charge is 0.259 e. The molecular weight excluding hydrogens is 266 g/mol. The number of ether oxygens (including phenoxy) is 1. The fourth-order valence-corrected chi connectivity index (χ4v) is 2.23. The lowest BCUT2D eigenvalue weighted by Crippen LogP contribution is -2.36. The highest BCUT2D eigenvalue weighted by Gasteiger charge is 2.27. The second-order valence-electron chi connectivity index (χ2n) is 5.46. The fraction of sp³-hybridized carbons (Fsp3) is 0.588. The summed E-state index contributed by atoms with van der Waals surface area (Å²) in [5.74, 6) is 0. The highest BCUT2D eigenvalue weighted by Crippen LogP contribution is 2.25. The Hall–Kier alpha value is -1.09. The normalized spacial score (nSPS) is 21.4. The number of unbranched alkanes of at least 4 members (excludes halogenated alkanes) is 4. The molecule has 0 saturated heterocycles. The van der Waals surface area contributed by atoms with Gasteiger partial charge >= 0.3 is 0 Å². The van der Waals surface area contributed by atoms with E-state index in [-0.39, 0.29) is 0 Å². The van der Waals surface area contributed by atoms with Crippen LogP contribution in [0.2, 0.25) is 0 Å². The van der Waals surface area contributed by atoms with Crippen molar-refractivity contribution in [1.29, 1.82) is 0 Å². The molecule has 112 valence electrons. The number of allylic oxidation sites excluding steroid dienone is 3. The van der Waals surface area contributed by atoms with Gasteiger partial charge < -0.3 is 9.64 Å². The lowest BCUT2D eigenvalue weighted by Gasteiger charge is -2.31. The van der Waals surface area contributed by atoms with Gasteiger partial charge in [-0.05, 0) is 37.2 Å². The lowest BCUT2D eigenvalue weighted by molar-refractivity contribution is 0.140. The van der Waals surface area contributed by atoms with Gasteiger partial charge in [-0.2, -0.15) is 0 Å². The van der Waals surface area contributed by atoms with E-state index in [4.69, 9.17) is 17.0 Å². The lowest BCUT2D eigenvalue weighted by atomic mass is 9.94. The molecule has 0 radical (unpaired) electrons. The summed E-state index contributed by atoms with van der Waals surface area (Å²) in [7, 11) is 3.82. The molecule has 0 aromatic rings. The van der Waals surface area contributed by atoms with E-state index in [9.17, 15) is 0 Å². The molecule has 0 aromatic heterocycles. The quantitative estimate of drug-likeness (QED) is 0.386. The van der Waals surface area contributed by atoms with Gasteiger partial charge in [0.2, 0.25) is 0 Å². The molecule has 0 bridgehead atoms. The molecule has 3 heteroatoms. The maximum absolute atomic E-state index is 6.00. The number of hydrogen-bond acceptors (Lipinski definition) is 2. The topological polar surface area (TPSA) is 12.5 Å². The number of thiocarbonyl (C=S) groups is 1. The average molecular weight is 293 g/mol. The van der Waals surface area contributed by atoms with Gasteiger partial charge in [0, 0.05) is 20.5 Å². The second-order valence-corrected chi connectivity index (χ2v) is 5.81. The monoisotopic (exact) mass is 293 g/mol. The van der Waals surface area contributed by atoms with Crippen molar-refractivity contribution in [3.8, 4) is 0 Å². The van der Waals surface area contributed by atoms with Crippen molar-refractivity contribution in [1.82, 2.24) is 4.90 Å². The van der Waals surface area contributed by atoms with Crippen molar-refractivity contribution in [3.05, 3.63) is 36.5 Å². The largest absolute Gasteiger partial charge is 0.455 e. The first-order valence-corrected chi connectivity index (χ1v) is 7.93. The SMILES string of the molecule is CCCCCCC=CC1(OC(=S)N(C)C)C=CC=CC1. The first-order valence-electron chi connectivity index (χ1n) is 7.52. The van der Waals surface area contributed by atoms with E-state index >= 15 is 0 Å². The minimum atomic E-state index is -0.402. The van der Waals surface area contributed by atoms with Crippen LogP contribution >= 0.6 is 12.2 Å². The first kappa shape index (κ1) is 17.0. The van der Waals surface area contributed by atoms with Crippen LogP contribution in [0.1, 0.15) is 45.4 Å². The van der Waals surface area contributed by atoms with Crippen molar-refractivity contribution in [2.75, 3.05) is 14.1 Å². The second kappa shape index (κ2) is 8.96. The minimum Gasteiger partial charge on any atom is -0.455 e. The number of nitrogens with zero attached hydrogens (tertiary/aromatic N) is 1. The molecule has 2 nitrogen and oxygen atoms in total. The van der Waals surface area contributed by atoms with Crippen molar-refractivity contribution < 1.29 is 4.74 Å². The highest BCUT2D eigenvalue weighted by molar-refractivity contribution is 7.80. The molecule has 0 amide bonds. The van der Waals surface area contributed by atoms with Crippen molar-refractivity contribution >= 4 is 17.4 Å². The zero-order valence-corrected chi connectivity index (χ0v) is 13.8. The van der Waals surface area contributed by atoms with Crippen LogP contribution in [0.3, 0.4) is 0 Å². The highest BCUT2D eigenvalue weighted by atomic mass is 32.1. The van der Waals surface area contributed by atoms with E-state index in [1.807, 2.05) is 25.1 Å². The standard InChI is InChI=1S/C17H27NOS/c1-4-5-6-7-8-10-13-17(14-11-9-12-15-17)19-16(20)18(2)3/h9-14H,4-8,15H2,1-3H3. The van der Waals surface area contributed by atoms with E-state index in [2.05, 4.69) is 37.3 Å². The molecule has 20 heavy (non-hydrogen) atoms. The molecule has 1 unspecified atom stereocenters. The van der Waals surface area contributed by atoms with Crippen LogP contribution in [0.25, 0.3) is 0 Å². The average Bonchev–Trinajstić information content (AvgIpc) is 2.43. The summed E-state index contributed by atoms with van der Waals surface area (Å²) in [6, 6.07) is 0. The van der Waals surface area contributed by atoms with E-state index < -0.39 is 5.60 Å². The summed E-state index contributed by atoms with van der Waals surface area (Å²) in [5, 5.41) is 0.528. The van der Waals surface area contributed by atoms with Crippen LogP contribution in [-0.4, -0.2) is 29.8 Å². The van der Waals surface area contributed by atoms with Crippen molar-refractivity contribution in [3.63, 3.8) is 0 Å². The maximum atomic E-state index is 6.00. The van der Waals surface area contributed by atoms with Gasteiger partial charge in [-0.15, -0.1) is 0 Å². The van der Waals surface area contributed by atoms with Crippen molar-refractivity contribution in [2.45, 2.75) is 51.0 Å². The third-order valence-electron chi connectivity index (χ3n) is 3.33. The Bertz CT molecular complexity index is 384. The molecule has 0 heterocycles. The molecule has 1 aliphatic rings. The molecule has 0 spiro atoms. The molecule has 1 rings (SSSR count). The van der Waals surface area contributed by atoms with Crippen LogP contribution in [0.4, 0.5) is 0 Å². The van der Waals surface area contributed by atoms with Crippen LogP contribution in [0.15, 0.2) is 36.5 Å². The first-order chi connectivity index (χ1) is 9.59. The Kier molecular flexibility index (Phi) is 7.60. The summed E-state index contributed by atoms with van der Waals surface area (Å²) in [6.07, 6.45) is 19.8. The van der Waals surface area contributed by atoms with E-state index in [0.717, 1.165) is 12.8 Å². The van der Waals surface area contributed by atoms with Gasteiger partial charge in [-0.25, -0.2) is 0 Å².